The quantitative estimate of drug-likeness (QED) is 0.322. The number of nitrogens with one attached hydrogen (secondary N) is 3. The Bertz CT molecular complexity index is 658. The van der Waals surface area contributed by atoms with E-state index in [4.69, 9.17) is 23.2 Å². The second-order valence-corrected chi connectivity index (χ2v) is 6.67. The number of alkyl halides is 2. The van der Waals surface area contributed by atoms with Gasteiger partial charge in [-0.15, -0.1) is 0 Å². The van der Waals surface area contributed by atoms with Crippen LogP contribution < -0.4 is 20.7 Å². The first kappa shape index (κ1) is 23.2. The molecule has 0 saturated carbocycles. The van der Waals surface area contributed by atoms with Crippen molar-refractivity contribution in [3.8, 4) is 5.75 Å². The lowest BCUT2D eigenvalue weighted by Gasteiger charge is -2.14. The first-order valence-electron chi connectivity index (χ1n) is 8.47. The number of amides is 1. The zero-order chi connectivity index (χ0) is 20.4. The van der Waals surface area contributed by atoms with Crippen LogP contribution in [-0.4, -0.2) is 38.1 Å². The summed E-state index contributed by atoms with van der Waals surface area (Å²) in [5.74, 6) is 0.170. The van der Waals surface area contributed by atoms with Crippen molar-refractivity contribution in [2.24, 2.45) is 10.9 Å². The molecule has 0 aromatic heterocycles. The smallest absolute Gasteiger partial charge is 0.387 e. The third-order valence-corrected chi connectivity index (χ3v) is 3.78. The van der Waals surface area contributed by atoms with Crippen molar-refractivity contribution < 1.29 is 18.3 Å². The molecule has 0 saturated heterocycles. The van der Waals surface area contributed by atoms with Gasteiger partial charge in [-0.25, -0.2) is 4.99 Å². The van der Waals surface area contributed by atoms with Crippen LogP contribution in [0, 0.1) is 5.92 Å². The monoisotopic (exact) mass is 424 g/mol. The second kappa shape index (κ2) is 11.8. The van der Waals surface area contributed by atoms with Crippen LogP contribution in [-0.2, 0) is 11.3 Å². The van der Waals surface area contributed by atoms with E-state index in [0.717, 1.165) is 0 Å². The fourth-order valence-corrected chi connectivity index (χ4v) is 2.61. The van der Waals surface area contributed by atoms with E-state index in [1.54, 1.807) is 0 Å². The maximum atomic E-state index is 12.6. The molecular formula is C17H24Cl2F2N4O2. The molecule has 0 heterocycles. The van der Waals surface area contributed by atoms with Crippen molar-refractivity contribution in [2.45, 2.75) is 33.9 Å². The van der Waals surface area contributed by atoms with Crippen LogP contribution in [0.25, 0.3) is 0 Å². The normalized spacial score (nSPS) is 11.7. The Balaban J connectivity index is 2.78. The highest BCUT2D eigenvalue weighted by atomic mass is 35.5. The van der Waals surface area contributed by atoms with Crippen molar-refractivity contribution in [1.29, 1.82) is 0 Å². The van der Waals surface area contributed by atoms with Crippen LogP contribution in [0.4, 0.5) is 8.78 Å². The van der Waals surface area contributed by atoms with Gasteiger partial charge in [0.15, 0.2) is 5.96 Å². The van der Waals surface area contributed by atoms with Gasteiger partial charge in [-0.1, -0.05) is 37.0 Å². The molecule has 0 bridgehead atoms. The van der Waals surface area contributed by atoms with Crippen LogP contribution in [0.3, 0.4) is 0 Å². The number of guanidine groups is 1. The van der Waals surface area contributed by atoms with Gasteiger partial charge in [-0.3, -0.25) is 4.79 Å². The Labute approximate surface area is 167 Å². The number of halogens is 4. The van der Waals surface area contributed by atoms with E-state index < -0.39 is 6.61 Å². The van der Waals surface area contributed by atoms with Crippen molar-refractivity contribution in [3.63, 3.8) is 0 Å². The van der Waals surface area contributed by atoms with Crippen LogP contribution in [0.2, 0.25) is 10.0 Å². The highest BCUT2D eigenvalue weighted by Gasteiger charge is 2.15. The number of benzene rings is 1. The summed E-state index contributed by atoms with van der Waals surface area (Å²) in [4.78, 5) is 15.9. The Morgan fingerprint density at radius 2 is 1.85 bits per heavy atom. The number of carbonyl (C=O) groups is 1. The first-order chi connectivity index (χ1) is 12.7. The highest BCUT2D eigenvalue weighted by molar-refractivity contribution is 6.35. The molecule has 1 rings (SSSR count). The van der Waals surface area contributed by atoms with Gasteiger partial charge < -0.3 is 20.7 Å². The molecule has 152 valence electrons. The summed E-state index contributed by atoms with van der Waals surface area (Å²) in [6.45, 7) is 3.98. The fourth-order valence-electron chi connectivity index (χ4n) is 2.03. The third-order valence-electron chi connectivity index (χ3n) is 3.29. The molecule has 0 atom stereocenters. The summed E-state index contributed by atoms with van der Waals surface area (Å²) in [5.41, 5.74) is 0.332. The molecule has 0 unspecified atom stereocenters. The summed E-state index contributed by atoms with van der Waals surface area (Å²) in [6.07, 6.45) is 0. The zero-order valence-electron chi connectivity index (χ0n) is 15.4. The molecule has 0 aliphatic rings. The molecule has 1 aromatic rings. The molecule has 1 amide bonds. The number of ether oxygens (including phenoxy) is 1. The largest absolute Gasteiger partial charge is 0.433 e. The second-order valence-electron chi connectivity index (χ2n) is 5.82. The molecule has 0 fully saturated rings. The van der Waals surface area contributed by atoms with Gasteiger partial charge in [0.2, 0.25) is 5.91 Å². The molecule has 27 heavy (non-hydrogen) atoms. The summed E-state index contributed by atoms with van der Waals surface area (Å²) >= 11 is 11.9. The van der Waals surface area contributed by atoms with E-state index in [1.165, 1.54) is 12.1 Å². The van der Waals surface area contributed by atoms with Crippen molar-refractivity contribution in [3.05, 3.63) is 27.7 Å². The lowest BCUT2D eigenvalue weighted by Crippen LogP contribution is -2.42. The average Bonchev–Trinajstić information content (AvgIpc) is 2.58. The van der Waals surface area contributed by atoms with E-state index in [1.807, 2.05) is 20.8 Å². The average molecular weight is 425 g/mol. The number of aliphatic imine (C=N–C) groups is 1. The zero-order valence-corrected chi connectivity index (χ0v) is 16.9. The molecule has 1 aromatic carbocycles. The van der Waals surface area contributed by atoms with Gasteiger partial charge in [0.25, 0.3) is 0 Å². The van der Waals surface area contributed by atoms with Crippen molar-refractivity contribution in [1.82, 2.24) is 16.0 Å². The summed E-state index contributed by atoms with van der Waals surface area (Å²) in [7, 11) is 0. The minimum Gasteiger partial charge on any atom is -0.433 e. The summed E-state index contributed by atoms with van der Waals surface area (Å²) in [5, 5.41) is 9.13. The number of nitrogens with zero attached hydrogens (tertiary/aromatic N) is 1. The minimum absolute atomic E-state index is 0.0117. The van der Waals surface area contributed by atoms with Gasteiger partial charge in [-0.05, 0) is 19.1 Å². The molecule has 10 heteroatoms. The van der Waals surface area contributed by atoms with Crippen LogP contribution in [0.15, 0.2) is 17.1 Å². The topological polar surface area (TPSA) is 74.8 Å². The van der Waals surface area contributed by atoms with E-state index in [-0.39, 0.29) is 29.1 Å². The van der Waals surface area contributed by atoms with Gasteiger partial charge in [0, 0.05) is 36.1 Å². The molecule has 0 aliphatic carbocycles. The molecule has 3 N–H and O–H groups in total. The van der Waals surface area contributed by atoms with Gasteiger partial charge in [0.05, 0.1) is 11.6 Å². The SMILES string of the molecule is CCNC(=NCc1cc(Cl)cc(Cl)c1OC(F)F)NCCNC(=O)C(C)C. The van der Waals surface area contributed by atoms with Crippen molar-refractivity contribution in [2.75, 3.05) is 19.6 Å². The molecular weight excluding hydrogens is 401 g/mol. The van der Waals surface area contributed by atoms with Gasteiger partial charge in [-0.2, -0.15) is 8.78 Å². The van der Waals surface area contributed by atoms with E-state index >= 15 is 0 Å². The fraction of sp³-hybridized carbons (Fsp3) is 0.529. The van der Waals surface area contributed by atoms with Crippen LogP contribution in [0.1, 0.15) is 26.3 Å². The van der Waals surface area contributed by atoms with Gasteiger partial charge in [0.1, 0.15) is 5.75 Å². The van der Waals surface area contributed by atoms with E-state index in [9.17, 15) is 13.6 Å². The Hall–Kier alpha value is -1.80. The predicted octanol–water partition coefficient (Wildman–Crippen LogP) is 3.42. The molecule has 0 radical (unpaired) electrons. The van der Waals surface area contributed by atoms with Crippen LogP contribution >= 0.6 is 23.2 Å². The van der Waals surface area contributed by atoms with Gasteiger partial charge >= 0.3 is 6.61 Å². The van der Waals surface area contributed by atoms with Crippen LogP contribution in [0.5, 0.6) is 5.75 Å². The van der Waals surface area contributed by atoms with E-state index in [2.05, 4.69) is 25.7 Å². The molecule has 0 aliphatic heterocycles. The van der Waals surface area contributed by atoms with Crippen molar-refractivity contribution >= 4 is 35.1 Å². The maximum absolute atomic E-state index is 12.6. The Morgan fingerprint density at radius 1 is 1.19 bits per heavy atom. The highest BCUT2D eigenvalue weighted by Crippen LogP contribution is 2.34. The molecule has 6 nitrogen and oxygen atoms in total. The number of hydrogen-bond acceptors (Lipinski definition) is 3. The Kier molecular flexibility index (Phi) is 10.2. The third kappa shape index (κ3) is 8.62. The first-order valence-corrected chi connectivity index (χ1v) is 9.22. The minimum atomic E-state index is -3.01. The number of hydrogen-bond donors (Lipinski definition) is 3. The lowest BCUT2D eigenvalue weighted by molar-refractivity contribution is -0.123. The maximum Gasteiger partial charge on any atom is 0.387 e. The predicted molar refractivity (Wildman–Crippen MR) is 104 cm³/mol. The Morgan fingerprint density at radius 3 is 2.44 bits per heavy atom. The van der Waals surface area contributed by atoms with E-state index in [0.29, 0.717) is 36.2 Å². The summed E-state index contributed by atoms with van der Waals surface area (Å²) in [6, 6.07) is 2.80. The number of carbonyl (C=O) groups excluding carboxylic acids is 1. The number of rotatable bonds is 9. The molecule has 0 spiro atoms. The summed E-state index contributed by atoms with van der Waals surface area (Å²) < 4.78 is 29.7. The lowest BCUT2D eigenvalue weighted by atomic mass is 10.2. The standard InChI is InChI=1S/C17H24Cl2F2N4O2/c1-4-22-17(24-6-5-23-15(26)10(2)3)25-9-11-7-12(18)8-13(19)14(11)27-16(20)21/h7-8,10,16H,4-6,9H2,1-3H3,(H,23,26)(H2,22,24,25).